The Balaban J connectivity index is 1.67. The summed E-state index contributed by atoms with van der Waals surface area (Å²) >= 11 is 0. The smallest absolute Gasteiger partial charge is 0.249 e. The number of aromatic nitrogens is 2. The van der Waals surface area contributed by atoms with Crippen LogP contribution < -0.4 is 0 Å². The molecule has 0 unspecified atom stereocenters. The number of nitrogens with zero attached hydrogens (tertiary/aromatic N) is 3. The number of sulfone groups is 1. The van der Waals surface area contributed by atoms with Crippen LogP contribution in [0.25, 0.3) is 0 Å². The number of hydrogen-bond donors (Lipinski definition) is 0. The quantitative estimate of drug-likeness (QED) is 0.807. The van der Waals surface area contributed by atoms with E-state index in [0.29, 0.717) is 0 Å². The van der Waals surface area contributed by atoms with Gasteiger partial charge < -0.3 is 9.64 Å². The Morgan fingerprint density at radius 1 is 1.33 bits per heavy atom. The van der Waals surface area contributed by atoms with Crippen LogP contribution in [0.1, 0.15) is 43.7 Å². The van der Waals surface area contributed by atoms with Crippen LogP contribution in [0.3, 0.4) is 0 Å². The lowest BCUT2D eigenvalue weighted by molar-refractivity contribution is -0.140. The molecule has 2 aliphatic rings. The van der Waals surface area contributed by atoms with Crippen LogP contribution in [0.4, 0.5) is 0 Å². The van der Waals surface area contributed by atoms with Crippen LogP contribution in [-0.4, -0.2) is 59.8 Å². The molecule has 1 aromatic heterocycles. The topological polar surface area (TPSA) is 81.5 Å². The second-order valence-corrected chi connectivity index (χ2v) is 8.96. The van der Waals surface area contributed by atoms with Crippen LogP contribution in [-0.2, 0) is 26.4 Å². The third-order valence-corrected chi connectivity index (χ3v) is 6.48. The first kappa shape index (κ1) is 17.4. The lowest BCUT2D eigenvalue weighted by Gasteiger charge is -2.35. The molecule has 0 radical (unpaired) electrons. The Labute approximate surface area is 142 Å². The van der Waals surface area contributed by atoms with Gasteiger partial charge >= 0.3 is 0 Å². The van der Waals surface area contributed by atoms with Gasteiger partial charge in [0, 0.05) is 25.4 Å². The van der Waals surface area contributed by atoms with E-state index in [2.05, 4.69) is 5.10 Å². The van der Waals surface area contributed by atoms with Gasteiger partial charge in [-0.1, -0.05) is 19.3 Å². The fourth-order valence-electron chi connectivity index (χ4n) is 3.50. The van der Waals surface area contributed by atoms with E-state index >= 15 is 0 Å². The van der Waals surface area contributed by atoms with Crippen molar-refractivity contribution >= 4 is 15.7 Å². The van der Waals surface area contributed by atoms with Crippen LogP contribution in [0.5, 0.6) is 0 Å². The van der Waals surface area contributed by atoms with Gasteiger partial charge in [-0.2, -0.15) is 5.10 Å². The number of rotatable bonds is 4. The van der Waals surface area contributed by atoms with Crippen molar-refractivity contribution in [2.75, 3.05) is 24.7 Å². The third kappa shape index (κ3) is 4.16. The van der Waals surface area contributed by atoms with Crippen molar-refractivity contribution in [3.05, 3.63) is 18.0 Å². The Bertz CT molecular complexity index is 679. The Kier molecular flexibility index (Phi) is 5.24. The minimum absolute atomic E-state index is 0.0128. The molecule has 134 valence electrons. The summed E-state index contributed by atoms with van der Waals surface area (Å²) in [7, 11) is -1.37. The second-order valence-electron chi connectivity index (χ2n) is 6.74. The summed E-state index contributed by atoms with van der Waals surface area (Å²) in [6.07, 6.45) is 9.12. The van der Waals surface area contributed by atoms with Crippen LogP contribution >= 0.6 is 0 Å². The summed E-state index contributed by atoms with van der Waals surface area (Å²) in [4.78, 5) is 14.3. The number of hydrogen-bond acceptors (Lipinski definition) is 5. The highest BCUT2D eigenvalue weighted by atomic mass is 32.2. The predicted octanol–water partition coefficient (Wildman–Crippen LogP) is 1.07. The molecule has 1 aliphatic carbocycles. The Morgan fingerprint density at radius 2 is 2.08 bits per heavy atom. The zero-order chi connectivity index (χ0) is 17.2. The molecule has 1 saturated carbocycles. The molecule has 24 heavy (non-hydrogen) atoms. The summed E-state index contributed by atoms with van der Waals surface area (Å²) in [5.41, 5.74) is 0.756. The van der Waals surface area contributed by atoms with Crippen molar-refractivity contribution < 1.29 is 17.9 Å². The van der Waals surface area contributed by atoms with Gasteiger partial charge in [0.25, 0.3) is 0 Å². The molecule has 1 amide bonds. The molecule has 8 heteroatoms. The van der Waals surface area contributed by atoms with Gasteiger partial charge in [-0.15, -0.1) is 0 Å². The molecular formula is C16H25N3O4S. The van der Waals surface area contributed by atoms with E-state index in [9.17, 15) is 13.2 Å². The monoisotopic (exact) mass is 355 g/mol. The van der Waals surface area contributed by atoms with E-state index in [1.165, 1.54) is 6.42 Å². The number of carbonyl (C=O) groups is 1. The minimum atomic E-state index is -3.14. The molecule has 0 aromatic carbocycles. The van der Waals surface area contributed by atoms with Crippen LogP contribution in [0.15, 0.2) is 12.4 Å². The minimum Gasteiger partial charge on any atom is -0.368 e. The van der Waals surface area contributed by atoms with Gasteiger partial charge in [0.2, 0.25) is 5.91 Å². The fourth-order valence-corrected chi connectivity index (χ4v) is 4.99. The number of aryl methyl sites for hydroxylation is 1. The maximum Gasteiger partial charge on any atom is 0.249 e. The number of amides is 1. The SMILES string of the molecule is Cn1cc([C@@H]2CS(=O)(=O)CCN2C(=O)COC2CCCCC2)cn1. The molecule has 3 rings (SSSR count). The summed E-state index contributed by atoms with van der Waals surface area (Å²) in [6.45, 7) is 0.246. The third-order valence-electron chi connectivity index (χ3n) is 4.86. The Morgan fingerprint density at radius 3 is 2.75 bits per heavy atom. The fraction of sp³-hybridized carbons (Fsp3) is 0.750. The largest absolute Gasteiger partial charge is 0.368 e. The summed E-state index contributed by atoms with van der Waals surface area (Å²) < 4.78 is 31.4. The predicted molar refractivity (Wildman–Crippen MR) is 89.1 cm³/mol. The lowest BCUT2D eigenvalue weighted by atomic mass is 9.98. The van der Waals surface area contributed by atoms with E-state index in [0.717, 1.165) is 31.2 Å². The van der Waals surface area contributed by atoms with E-state index in [1.807, 2.05) is 0 Å². The summed E-state index contributed by atoms with van der Waals surface area (Å²) in [5, 5.41) is 4.11. The summed E-state index contributed by atoms with van der Waals surface area (Å²) in [6, 6.07) is -0.472. The lowest BCUT2D eigenvalue weighted by Crippen LogP contribution is -2.47. The average molecular weight is 355 g/mol. The first-order chi connectivity index (χ1) is 11.4. The van der Waals surface area contributed by atoms with Crippen molar-refractivity contribution in [1.29, 1.82) is 0 Å². The molecule has 0 bridgehead atoms. The van der Waals surface area contributed by atoms with E-state index < -0.39 is 15.9 Å². The summed E-state index contributed by atoms with van der Waals surface area (Å²) in [5.74, 6) is -0.170. The standard InChI is InChI=1S/C16H25N3O4S/c1-18-10-13(9-17-18)15-12-24(21,22)8-7-19(15)16(20)11-23-14-5-3-2-4-6-14/h9-10,14-15H,2-8,11-12H2,1H3/t15-/m0/s1. The first-order valence-corrected chi connectivity index (χ1v) is 10.4. The van der Waals surface area contributed by atoms with Gasteiger partial charge in [-0.05, 0) is 12.8 Å². The van der Waals surface area contributed by atoms with Crippen molar-refractivity contribution in [1.82, 2.24) is 14.7 Å². The maximum atomic E-state index is 12.6. The van der Waals surface area contributed by atoms with E-state index in [4.69, 9.17) is 4.74 Å². The van der Waals surface area contributed by atoms with Gasteiger partial charge in [0.05, 0.1) is 29.8 Å². The van der Waals surface area contributed by atoms with Crippen molar-refractivity contribution in [3.8, 4) is 0 Å². The zero-order valence-electron chi connectivity index (χ0n) is 14.1. The van der Waals surface area contributed by atoms with Crippen molar-refractivity contribution in [3.63, 3.8) is 0 Å². The molecule has 7 nitrogen and oxygen atoms in total. The van der Waals surface area contributed by atoms with Gasteiger partial charge in [0.15, 0.2) is 9.84 Å². The van der Waals surface area contributed by atoms with Gasteiger partial charge in [-0.25, -0.2) is 8.42 Å². The number of carbonyl (C=O) groups excluding carboxylic acids is 1. The molecule has 1 saturated heterocycles. The normalized spacial score (nSPS) is 24.9. The molecule has 1 atom stereocenters. The zero-order valence-corrected chi connectivity index (χ0v) is 14.9. The van der Waals surface area contributed by atoms with Crippen LogP contribution in [0, 0.1) is 0 Å². The van der Waals surface area contributed by atoms with Crippen molar-refractivity contribution in [2.45, 2.75) is 44.2 Å². The highest BCUT2D eigenvalue weighted by molar-refractivity contribution is 7.91. The van der Waals surface area contributed by atoms with Gasteiger partial charge in [0.1, 0.15) is 6.61 Å². The Hall–Kier alpha value is -1.41. The highest BCUT2D eigenvalue weighted by Crippen LogP contribution is 2.27. The molecule has 2 fully saturated rings. The maximum absolute atomic E-state index is 12.6. The highest BCUT2D eigenvalue weighted by Gasteiger charge is 2.36. The molecular weight excluding hydrogens is 330 g/mol. The molecule has 0 N–H and O–H groups in total. The molecule has 0 spiro atoms. The molecule has 1 aromatic rings. The average Bonchev–Trinajstić information content (AvgIpc) is 2.99. The molecule has 1 aliphatic heterocycles. The van der Waals surface area contributed by atoms with E-state index in [-0.39, 0.29) is 36.7 Å². The number of ether oxygens (including phenoxy) is 1. The van der Waals surface area contributed by atoms with Crippen LogP contribution in [0.2, 0.25) is 0 Å². The second kappa shape index (κ2) is 7.23. The van der Waals surface area contributed by atoms with E-state index in [1.54, 1.807) is 29.0 Å². The van der Waals surface area contributed by atoms with Crippen molar-refractivity contribution in [2.24, 2.45) is 7.05 Å². The van der Waals surface area contributed by atoms with Gasteiger partial charge in [-0.3, -0.25) is 9.48 Å². The molecule has 2 heterocycles. The first-order valence-electron chi connectivity index (χ1n) is 8.55.